The van der Waals surface area contributed by atoms with Crippen molar-refractivity contribution in [1.29, 1.82) is 0 Å². The smallest absolute Gasteiger partial charge is 0.162 e. The summed E-state index contributed by atoms with van der Waals surface area (Å²) in [6.45, 7) is 4.05. The fraction of sp³-hybridized carbons (Fsp3) is 0.350. The van der Waals surface area contributed by atoms with Gasteiger partial charge in [0.05, 0.1) is 10.8 Å². The molecule has 1 aliphatic rings. The van der Waals surface area contributed by atoms with E-state index in [9.17, 15) is 9.00 Å². The third kappa shape index (κ3) is 3.50. The van der Waals surface area contributed by atoms with E-state index in [-0.39, 0.29) is 5.78 Å². The zero-order valence-electron chi connectivity index (χ0n) is 14.1. The quantitative estimate of drug-likeness (QED) is 0.767. The van der Waals surface area contributed by atoms with E-state index in [1.807, 2.05) is 62.4 Å². The van der Waals surface area contributed by atoms with E-state index in [2.05, 4.69) is 0 Å². The number of thioether (sulfide) groups is 1. The molecule has 0 radical (unpaired) electrons. The first-order chi connectivity index (χ1) is 11.5. The van der Waals surface area contributed by atoms with Gasteiger partial charge in [0, 0.05) is 16.2 Å². The molecule has 0 saturated heterocycles. The van der Waals surface area contributed by atoms with Crippen molar-refractivity contribution in [3.63, 3.8) is 0 Å². The second-order valence-electron chi connectivity index (χ2n) is 6.38. The Morgan fingerprint density at radius 1 is 0.917 bits per heavy atom. The average molecular weight is 359 g/mol. The zero-order chi connectivity index (χ0) is 17.2. The highest BCUT2D eigenvalue weighted by Crippen LogP contribution is 2.46. The summed E-state index contributed by atoms with van der Waals surface area (Å²) in [6, 6.07) is 15.8. The van der Waals surface area contributed by atoms with Crippen molar-refractivity contribution in [2.75, 3.05) is 0 Å². The summed E-state index contributed by atoms with van der Waals surface area (Å²) >= 11 is 1.49. The Labute approximate surface area is 150 Å². The molecule has 2 aromatic carbocycles. The lowest BCUT2D eigenvalue weighted by atomic mass is 9.98. The molecular formula is C20H22O2S2. The Bertz CT molecular complexity index is 750. The Balaban J connectivity index is 1.98. The first-order valence-corrected chi connectivity index (χ1v) is 10.3. The number of hydrogen-bond donors (Lipinski definition) is 0. The molecule has 1 saturated carbocycles. The van der Waals surface area contributed by atoms with Gasteiger partial charge in [-0.2, -0.15) is 0 Å². The van der Waals surface area contributed by atoms with Crippen LogP contribution in [-0.4, -0.2) is 14.1 Å². The van der Waals surface area contributed by atoms with Crippen LogP contribution in [-0.2, 0) is 15.6 Å². The highest BCUT2D eigenvalue weighted by molar-refractivity contribution is 8.13. The maximum Gasteiger partial charge on any atom is 0.162 e. The van der Waals surface area contributed by atoms with E-state index < -0.39 is 14.9 Å². The van der Waals surface area contributed by atoms with Crippen LogP contribution in [0, 0.1) is 13.8 Å². The van der Waals surface area contributed by atoms with E-state index in [4.69, 9.17) is 0 Å². The van der Waals surface area contributed by atoms with Gasteiger partial charge in [0.15, 0.2) is 9.86 Å². The van der Waals surface area contributed by atoms with Crippen LogP contribution in [0.2, 0.25) is 0 Å². The predicted octanol–water partition coefficient (Wildman–Crippen LogP) is 5.04. The lowest BCUT2D eigenvalue weighted by Gasteiger charge is -2.34. The topological polar surface area (TPSA) is 34.1 Å². The summed E-state index contributed by atoms with van der Waals surface area (Å²) in [4.78, 5) is 14.6. The lowest BCUT2D eigenvalue weighted by Crippen LogP contribution is -2.42. The maximum absolute atomic E-state index is 13.4. The third-order valence-electron chi connectivity index (χ3n) is 4.42. The molecule has 0 amide bonds. The van der Waals surface area contributed by atoms with Gasteiger partial charge in [-0.1, -0.05) is 53.6 Å². The highest BCUT2D eigenvalue weighted by Gasteiger charge is 2.47. The highest BCUT2D eigenvalue weighted by atomic mass is 32.2. The van der Waals surface area contributed by atoms with Crippen LogP contribution in [0.5, 0.6) is 0 Å². The number of carbonyl (C=O) groups is 1. The Morgan fingerprint density at radius 2 is 1.50 bits per heavy atom. The maximum atomic E-state index is 13.4. The molecule has 0 heterocycles. The van der Waals surface area contributed by atoms with E-state index in [1.165, 1.54) is 17.3 Å². The van der Waals surface area contributed by atoms with Crippen molar-refractivity contribution in [2.45, 2.75) is 53.4 Å². The third-order valence-corrected chi connectivity index (χ3v) is 8.13. The zero-order valence-corrected chi connectivity index (χ0v) is 15.7. The van der Waals surface area contributed by atoms with Crippen molar-refractivity contribution in [3.8, 4) is 0 Å². The number of hydrogen-bond acceptors (Lipinski definition) is 3. The first kappa shape index (κ1) is 17.4. The Kier molecular flexibility index (Phi) is 5.26. The van der Waals surface area contributed by atoms with E-state index >= 15 is 0 Å². The van der Waals surface area contributed by atoms with Gasteiger partial charge >= 0.3 is 0 Å². The summed E-state index contributed by atoms with van der Waals surface area (Å²) in [7, 11) is -1.36. The van der Waals surface area contributed by atoms with Gasteiger partial charge in [-0.3, -0.25) is 9.00 Å². The fourth-order valence-electron chi connectivity index (χ4n) is 2.96. The number of benzene rings is 2. The standard InChI is InChI=1S/C20H22O2S2/c1-15-6-10-17(11-7-15)23-20(14-4-3-5-19(20)21)24(22)18-12-8-16(2)9-13-18/h6-13H,3-5,14H2,1-2H3. The number of carbonyl (C=O) groups excluding carboxylic acids is 1. The summed E-state index contributed by atoms with van der Waals surface area (Å²) in [6.07, 6.45) is 3.05. The molecule has 2 atom stereocenters. The monoisotopic (exact) mass is 358 g/mol. The summed E-state index contributed by atoms with van der Waals surface area (Å²) in [5, 5.41) is 0. The molecule has 2 nitrogen and oxygen atoms in total. The van der Waals surface area contributed by atoms with Gasteiger partial charge in [-0.15, -0.1) is 0 Å². The molecule has 0 N–H and O–H groups in total. The molecule has 0 bridgehead atoms. The minimum absolute atomic E-state index is 0.123. The number of Topliss-reactive ketones (excluding diaryl/α,β-unsaturated/α-hetero) is 1. The minimum Gasteiger partial charge on any atom is -0.297 e. The normalized spacial score (nSPS) is 22.3. The molecule has 126 valence electrons. The summed E-state index contributed by atoms with van der Waals surface area (Å²) in [5.41, 5.74) is 2.31. The molecule has 0 spiro atoms. The van der Waals surface area contributed by atoms with Crippen molar-refractivity contribution >= 4 is 28.3 Å². The summed E-state index contributed by atoms with van der Waals surface area (Å²) in [5.74, 6) is 0.123. The second-order valence-corrected chi connectivity index (χ2v) is 9.72. The number of ketones is 1. The van der Waals surface area contributed by atoms with E-state index in [0.717, 1.165) is 28.2 Å². The van der Waals surface area contributed by atoms with Crippen LogP contribution in [0.15, 0.2) is 58.3 Å². The summed E-state index contributed by atoms with van der Waals surface area (Å²) < 4.78 is 12.5. The van der Waals surface area contributed by atoms with Gasteiger partial charge in [0.2, 0.25) is 0 Å². The first-order valence-electron chi connectivity index (χ1n) is 8.29. The largest absolute Gasteiger partial charge is 0.297 e. The van der Waals surface area contributed by atoms with Gasteiger partial charge in [0.1, 0.15) is 0 Å². The molecule has 1 fully saturated rings. The van der Waals surface area contributed by atoms with Gasteiger partial charge in [0.25, 0.3) is 0 Å². The lowest BCUT2D eigenvalue weighted by molar-refractivity contribution is -0.120. The van der Waals surface area contributed by atoms with E-state index in [0.29, 0.717) is 12.8 Å². The second kappa shape index (κ2) is 7.24. The van der Waals surface area contributed by atoms with Crippen LogP contribution >= 0.6 is 11.8 Å². The predicted molar refractivity (Wildman–Crippen MR) is 101 cm³/mol. The van der Waals surface area contributed by atoms with Crippen molar-refractivity contribution in [2.24, 2.45) is 0 Å². The van der Waals surface area contributed by atoms with Gasteiger partial charge in [-0.25, -0.2) is 0 Å². The van der Waals surface area contributed by atoms with Gasteiger partial charge < -0.3 is 0 Å². The number of aryl methyl sites for hydroxylation is 2. The average Bonchev–Trinajstić information content (AvgIpc) is 2.59. The van der Waals surface area contributed by atoms with Crippen molar-refractivity contribution < 1.29 is 9.00 Å². The Morgan fingerprint density at radius 3 is 2.08 bits per heavy atom. The number of rotatable bonds is 4. The van der Waals surface area contributed by atoms with E-state index in [1.54, 1.807) is 0 Å². The molecule has 3 rings (SSSR count). The molecule has 4 heteroatoms. The van der Waals surface area contributed by atoms with Crippen LogP contribution in [0.4, 0.5) is 0 Å². The van der Waals surface area contributed by atoms with Crippen LogP contribution in [0.3, 0.4) is 0 Å². The fourth-order valence-corrected chi connectivity index (χ4v) is 6.36. The molecule has 0 aromatic heterocycles. The molecule has 2 unspecified atom stereocenters. The van der Waals surface area contributed by atoms with Gasteiger partial charge in [-0.05, 0) is 51.0 Å². The van der Waals surface area contributed by atoms with Crippen LogP contribution in [0.25, 0.3) is 0 Å². The van der Waals surface area contributed by atoms with Crippen molar-refractivity contribution in [1.82, 2.24) is 0 Å². The minimum atomic E-state index is -1.36. The molecule has 0 aliphatic heterocycles. The molecule has 24 heavy (non-hydrogen) atoms. The Hall–Kier alpha value is -1.39. The van der Waals surface area contributed by atoms with Crippen LogP contribution < -0.4 is 0 Å². The molecule has 2 aromatic rings. The van der Waals surface area contributed by atoms with Crippen LogP contribution in [0.1, 0.15) is 36.8 Å². The molecule has 1 aliphatic carbocycles. The molecular weight excluding hydrogens is 336 g/mol. The SMILES string of the molecule is Cc1ccc(SC2(S(=O)c3ccc(C)cc3)CCCCC2=O)cc1. The van der Waals surface area contributed by atoms with Crippen molar-refractivity contribution in [3.05, 3.63) is 59.7 Å².